The van der Waals surface area contributed by atoms with E-state index in [0.717, 1.165) is 76.8 Å². The standard InChI is InChI=1S/C23H26N10S/c1-13-5-21(30-23(27-13)32-12-14-6-15(32)11-31(14)2)29-20-7-17-19(10-25-20)34-22(28-17)16-8-26-33-4-3-24-9-18(16)33/h5,7-8,10,14-15,24H,3-4,6,9,11-12H2,1-2H3,(H,25,27,29,30)/t14-,15-/m0/s1. The topological polar surface area (TPSA) is 99.9 Å². The molecule has 34 heavy (non-hydrogen) atoms. The van der Waals surface area contributed by atoms with Crippen LogP contribution in [0.4, 0.5) is 17.6 Å². The number of piperazine rings is 1. The molecule has 0 amide bonds. The molecule has 0 unspecified atom stereocenters. The number of likely N-dealkylation sites (tertiary alicyclic amines) is 1. The zero-order valence-corrected chi connectivity index (χ0v) is 20.0. The van der Waals surface area contributed by atoms with Crippen molar-refractivity contribution in [3.05, 3.63) is 35.9 Å². The summed E-state index contributed by atoms with van der Waals surface area (Å²) in [5.74, 6) is 2.30. The molecular weight excluding hydrogens is 448 g/mol. The van der Waals surface area contributed by atoms with Crippen LogP contribution in [-0.2, 0) is 13.1 Å². The Balaban J connectivity index is 1.16. The van der Waals surface area contributed by atoms with Gasteiger partial charge in [-0.25, -0.2) is 15.0 Å². The number of likely N-dealkylation sites (N-methyl/N-ethyl adjacent to an activating group) is 1. The lowest BCUT2D eigenvalue weighted by molar-refractivity contribution is 0.291. The normalized spacial score (nSPS) is 22.0. The number of fused-ring (bicyclic) bond motifs is 4. The Morgan fingerprint density at radius 2 is 2.03 bits per heavy atom. The number of aromatic nitrogens is 6. The molecule has 0 aliphatic carbocycles. The van der Waals surface area contributed by atoms with Gasteiger partial charge in [-0.1, -0.05) is 0 Å². The summed E-state index contributed by atoms with van der Waals surface area (Å²) in [6.45, 7) is 6.75. The van der Waals surface area contributed by atoms with Crippen molar-refractivity contribution in [1.29, 1.82) is 0 Å². The van der Waals surface area contributed by atoms with Crippen molar-refractivity contribution in [2.75, 3.05) is 36.9 Å². The van der Waals surface area contributed by atoms with Gasteiger partial charge in [0.1, 0.15) is 16.6 Å². The van der Waals surface area contributed by atoms with Crippen LogP contribution in [0.1, 0.15) is 17.8 Å². The molecule has 7 heterocycles. The molecule has 4 aromatic rings. The second-order valence-electron chi connectivity index (χ2n) is 9.42. The number of thiazole rings is 1. The fourth-order valence-electron chi connectivity index (χ4n) is 5.37. The largest absolute Gasteiger partial charge is 0.335 e. The van der Waals surface area contributed by atoms with E-state index in [2.05, 4.69) is 42.2 Å². The number of nitrogens with zero attached hydrogens (tertiary/aromatic N) is 8. The first-order chi connectivity index (χ1) is 16.6. The molecule has 10 nitrogen and oxygen atoms in total. The number of hydrogen-bond acceptors (Lipinski definition) is 10. The predicted octanol–water partition coefficient (Wildman–Crippen LogP) is 2.39. The maximum Gasteiger partial charge on any atom is 0.227 e. The Morgan fingerprint density at radius 1 is 1.09 bits per heavy atom. The number of aryl methyl sites for hydroxylation is 1. The second kappa shape index (κ2) is 7.69. The van der Waals surface area contributed by atoms with Crippen molar-refractivity contribution in [3.63, 3.8) is 0 Å². The second-order valence-corrected chi connectivity index (χ2v) is 10.4. The Labute approximate surface area is 201 Å². The van der Waals surface area contributed by atoms with E-state index in [1.807, 2.05) is 31.5 Å². The van der Waals surface area contributed by atoms with Gasteiger partial charge in [0.05, 0.1) is 34.2 Å². The number of pyridine rings is 1. The van der Waals surface area contributed by atoms with Gasteiger partial charge in [-0.3, -0.25) is 9.58 Å². The molecule has 2 fully saturated rings. The van der Waals surface area contributed by atoms with Crippen LogP contribution in [-0.4, -0.2) is 73.4 Å². The van der Waals surface area contributed by atoms with Crippen LogP contribution in [0.25, 0.3) is 20.8 Å². The van der Waals surface area contributed by atoms with Gasteiger partial charge < -0.3 is 15.5 Å². The zero-order valence-electron chi connectivity index (χ0n) is 19.2. The van der Waals surface area contributed by atoms with Crippen molar-refractivity contribution in [2.45, 2.75) is 38.5 Å². The van der Waals surface area contributed by atoms with E-state index in [-0.39, 0.29) is 0 Å². The molecule has 4 aromatic heterocycles. The smallest absolute Gasteiger partial charge is 0.227 e. The fourth-order valence-corrected chi connectivity index (χ4v) is 6.31. The van der Waals surface area contributed by atoms with E-state index in [1.165, 1.54) is 12.1 Å². The first-order valence-electron chi connectivity index (χ1n) is 11.7. The van der Waals surface area contributed by atoms with Crippen LogP contribution in [0.2, 0.25) is 0 Å². The van der Waals surface area contributed by atoms with Gasteiger partial charge in [-0.15, -0.1) is 11.3 Å². The van der Waals surface area contributed by atoms with Gasteiger partial charge in [0, 0.05) is 62.3 Å². The Kier molecular flexibility index (Phi) is 4.58. The summed E-state index contributed by atoms with van der Waals surface area (Å²) in [6, 6.07) is 5.06. The minimum Gasteiger partial charge on any atom is -0.335 e. The molecule has 3 aliphatic heterocycles. The molecule has 2 bridgehead atoms. The maximum absolute atomic E-state index is 4.91. The van der Waals surface area contributed by atoms with Crippen LogP contribution >= 0.6 is 11.3 Å². The van der Waals surface area contributed by atoms with Gasteiger partial charge in [-0.2, -0.15) is 10.1 Å². The molecule has 3 aliphatic rings. The lowest BCUT2D eigenvalue weighted by Crippen LogP contribution is -2.45. The molecule has 174 valence electrons. The highest BCUT2D eigenvalue weighted by Gasteiger charge is 2.42. The average molecular weight is 475 g/mol. The highest BCUT2D eigenvalue weighted by atomic mass is 32.1. The van der Waals surface area contributed by atoms with Crippen LogP contribution < -0.4 is 15.5 Å². The van der Waals surface area contributed by atoms with Crippen molar-refractivity contribution < 1.29 is 0 Å². The van der Waals surface area contributed by atoms with Gasteiger partial charge in [0.15, 0.2) is 0 Å². The van der Waals surface area contributed by atoms with Gasteiger partial charge in [-0.05, 0) is 20.4 Å². The minimum atomic E-state index is 0.498. The summed E-state index contributed by atoms with van der Waals surface area (Å²) in [7, 11) is 2.20. The highest BCUT2D eigenvalue weighted by molar-refractivity contribution is 7.21. The first-order valence-corrected chi connectivity index (χ1v) is 12.5. The van der Waals surface area contributed by atoms with Gasteiger partial charge in [0.25, 0.3) is 0 Å². The Morgan fingerprint density at radius 3 is 2.88 bits per heavy atom. The monoisotopic (exact) mass is 474 g/mol. The number of hydrogen-bond donors (Lipinski definition) is 2. The molecule has 0 radical (unpaired) electrons. The SMILES string of the molecule is Cc1cc(Nc2cc3nc(-c4cnn5c4CNCC5)sc3cn2)nc(N2C[C@@H]3C[C@H]2CN3C)n1. The molecule has 7 rings (SSSR count). The fraction of sp³-hybridized carbons (Fsp3) is 0.435. The van der Waals surface area contributed by atoms with Crippen LogP contribution in [0.3, 0.4) is 0 Å². The molecule has 0 spiro atoms. The number of nitrogens with one attached hydrogen (secondary N) is 2. The quantitative estimate of drug-likeness (QED) is 0.462. The van der Waals surface area contributed by atoms with E-state index in [9.17, 15) is 0 Å². The predicted molar refractivity (Wildman–Crippen MR) is 133 cm³/mol. The third-order valence-corrected chi connectivity index (χ3v) is 8.16. The molecule has 0 aromatic carbocycles. The molecule has 2 saturated heterocycles. The maximum atomic E-state index is 4.91. The van der Waals surface area contributed by atoms with E-state index >= 15 is 0 Å². The van der Waals surface area contributed by atoms with E-state index in [4.69, 9.17) is 15.0 Å². The van der Waals surface area contributed by atoms with Crippen LogP contribution in [0, 0.1) is 6.92 Å². The summed E-state index contributed by atoms with van der Waals surface area (Å²) >= 11 is 1.65. The molecular formula is C23H26N10S. The number of rotatable bonds is 4. The summed E-state index contributed by atoms with van der Waals surface area (Å²) in [4.78, 5) is 23.9. The van der Waals surface area contributed by atoms with Gasteiger partial charge in [0.2, 0.25) is 5.95 Å². The minimum absolute atomic E-state index is 0.498. The Hall–Kier alpha value is -3.15. The number of anilines is 3. The lowest BCUT2D eigenvalue weighted by atomic mass is 10.2. The third-order valence-electron chi connectivity index (χ3n) is 7.12. The highest BCUT2D eigenvalue weighted by Crippen LogP contribution is 2.34. The Bertz CT molecular complexity index is 1390. The van der Waals surface area contributed by atoms with E-state index in [0.29, 0.717) is 12.1 Å². The average Bonchev–Trinajstić information content (AvgIpc) is 3.60. The summed E-state index contributed by atoms with van der Waals surface area (Å²) in [6.07, 6.45) is 5.01. The molecule has 11 heteroatoms. The van der Waals surface area contributed by atoms with Crippen LogP contribution in [0.5, 0.6) is 0 Å². The van der Waals surface area contributed by atoms with Crippen molar-refractivity contribution in [2.24, 2.45) is 0 Å². The van der Waals surface area contributed by atoms with Crippen molar-refractivity contribution in [1.82, 2.24) is 39.9 Å². The third kappa shape index (κ3) is 3.34. The molecule has 2 atom stereocenters. The lowest BCUT2D eigenvalue weighted by Gasteiger charge is -2.32. The van der Waals surface area contributed by atoms with Crippen molar-refractivity contribution in [3.8, 4) is 10.6 Å². The first kappa shape index (κ1) is 20.2. The van der Waals surface area contributed by atoms with Gasteiger partial charge >= 0.3 is 0 Å². The van der Waals surface area contributed by atoms with Crippen LogP contribution in [0.15, 0.2) is 24.5 Å². The summed E-state index contributed by atoms with van der Waals surface area (Å²) < 4.78 is 3.13. The summed E-state index contributed by atoms with van der Waals surface area (Å²) in [5, 5.41) is 12.3. The molecule has 0 saturated carbocycles. The zero-order chi connectivity index (χ0) is 22.8. The van der Waals surface area contributed by atoms with Crippen molar-refractivity contribution >= 4 is 39.1 Å². The van der Waals surface area contributed by atoms with E-state index < -0.39 is 0 Å². The van der Waals surface area contributed by atoms with E-state index in [1.54, 1.807) is 11.3 Å². The molecule has 2 N–H and O–H groups in total. The summed E-state index contributed by atoms with van der Waals surface area (Å²) in [5.41, 5.74) is 4.17.